The lowest BCUT2D eigenvalue weighted by atomic mass is 10.1. The molecule has 0 aromatic heterocycles. The lowest BCUT2D eigenvalue weighted by Crippen LogP contribution is -2.05. The Bertz CT molecular complexity index is 371. The first kappa shape index (κ1) is 12.3. The molecule has 0 aliphatic rings. The van der Waals surface area contributed by atoms with E-state index in [2.05, 4.69) is 12.8 Å². The predicted octanol–water partition coefficient (Wildman–Crippen LogP) is 2.82. The van der Waals surface area contributed by atoms with Gasteiger partial charge in [-0.2, -0.15) is 0 Å². The molecule has 84 valence electrons. The number of unbranched alkanes of at least 4 members (excludes halogenated alkanes) is 1. The van der Waals surface area contributed by atoms with Crippen LogP contribution in [0.1, 0.15) is 35.7 Å². The van der Waals surface area contributed by atoms with E-state index >= 15 is 0 Å². The largest absolute Gasteiger partial charge is 0.449 e. The number of terminal acetylenes is 1. The van der Waals surface area contributed by atoms with Crippen molar-refractivity contribution in [1.82, 2.24) is 0 Å². The fraction of sp³-hybridized carbons (Fsp3) is 0.357. The van der Waals surface area contributed by atoms with Crippen LogP contribution in [0.4, 0.5) is 0 Å². The van der Waals surface area contributed by atoms with Gasteiger partial charge in [0.25, 0.3) is 0 Å². The molecule has 0 saturated heterocycles. The van der Waals surface area contributed by atoms with Crippen LogP contribution in [0.5, 0.6) is 0 Å². The van der Waals surface area contributed by atoms with Gasteiger partial charge in [-0.1, -0.05) is 31.4 Å². The van der Waals surface area contributed by atoms with Crippen LogP contribution in [0.25, 0.3) is 0 Å². The lowest BCUT2D eigenvalue weighted by molar-refractivity contribution is 0.0557. The van der Waals surface area contributed by atoms with E-state index in [1.807, 2.05) is 12.1 Å². The summed E-state index contributed by atoms with van der Waals surface area (Å²) in [4.78, 5) is 11.4. The van der Waals surface area contributed by atoms with E-state index in [0.29, 0.717) is 5.56 Å². The summed E-state index contributed by atoms with van der Waals surface area (Å²) in [5, 5.41) is 0. The van der Waals surface area contributed by atoms with Crippen LogP contribution in [0.2, 0.25) is 0 Å². The normalized spacial score (nSPS) is 9.50. The van der Waals surface area contributed by atoms with E-state index in [9.17, 15) is 4.79 Å². The molecule has 16 heavy (non-hydrogen) atoms. The SMILES string of the molecule is C#CCOC(=O)c1ccc(CCCC)cc1. The Balaban J connectivity index is 2.57. The second-order valence-electron chi connectivity index (χ2n) is 3.58. The summed E-state index contributed by atoms with van der Waals surface area (Å²) in [7, 11) is 0. The smallest absolute Gasteiger partial charge is 0.339 e. The quantitative estimate of drug-likeness (QED) is 0.559. The Labute approximate surface area is 96.6 Å². The zero-order valence-electron chi connectivity index (χ0n) is 9.53. The van der Waals surface area contributed by atoms with E-state index in [1.165, 1.54) is 18.4 Å². The minimum absolute atomic E-state index is 0.0242. The van der Waals surface area contributed by atoms with Gasteiger partial charge < -0.3 is 4.74 Å². The number of hydrogen-bond acceptors (Lipinski definition) is 2. The van der Waals surface area contributed by atoms with Gasteiger partial charge in [0.1, 0.15) is 0 Å². The van der Waals surface area contributed by atoms with E-state index in [-0.39, 0.29) is 12.6 Å². The van der Waals surface area contributed by atoms with Crippen LogP contribution in [0, 0.1) is 12.3 Å². The van der Waals surface area contributed by atoms with Crippen LogP contribution in [-0.4, -0.2) is 12.6 Å². The molecule has 0 heterocycles. The van der Waals surface area contributed by atoms with Crippen molar-refractivity contribution in [2.24, 2.45) is 0 Å². The van der Waals surface area contributed by atoms with Crippen molar-refractivity contribution >= 4 is 5.97 Å². The van der Waals surface area contributed by atoms with Crippen LogP contribution in [-0.2, 0) is 11.2 Å². The second kappa shape index (κ2) is 6.68. The monoisotopic (exact) mass is 216 g/mol. The first-order valence-electron chi connectivity index (χ1n) is 5.47. The van der Waals surface area contributed by atoms with Gasteiger partial charge >= 0.3 is 5.97 Å². The van der Waals surface area contributed by atoms with Gasteiger partial charge in [0.05, 0.1) is 5.56 Å². The highest BCUT2D eigenvalue weighted by molar-refractivity contribution is 5.89. The lowest BCUT2D eigenvalue weighted by Gasteiger charge is -2.03. The maximum atomic E-state index is 11.4. The topological polar surface area (TPSA) is 26.3 Å². The zero-order chi connectivity index (χ0) is 11.8. The van der Waals surface area contributed by atoms with Gasteiger partial charge in [-0.05, 0) is 30.5 Å². The molecule has 0 aliphatic carbocycles. The molecule has 0 spiro atoms. The van der Waals surface area contributed by atoms with Crippen molar-refractivity contribution in [3.8, 4) is 12.3 Å². The first-order valence-corrected chi connectivity index (χ1v) is 5.47. The van der Waals surface area contributed by atoms with Crippen LogP contribution in [0.3, 0.4) is 0 Å². The number of carbonyl (C=O) groups is 1. The summed E-state index contributed by atoms with van der Waals surface area (Å²) >= 11 is 0. The highest BCUT2D eigenvalue weighted by atomic mass is 16.5. The number of aryl methyl sites for hydroxylation is 1. The first-order chi connectivity index (χ1) is 7.77. The minimum atomic E-state index is -0.361. The van der Waals surface area contributed by atoms with E-state index in [4.69, 9.17) is 11.2 Å². The van der Waals surface area contributed by atoms with Crippen molar-refractivity contribution in [1.29, 1.82) is 0 Å². The Kier molecular flexibility index (Phi) is 5.15. The van der Waals surface area contributed by atoms with Gasteiger partial charge in [0.2, 0.25) is 0 Å². The molecule has 0 unspecified atom stereocenters. The summed E-state index contributed by atoms with van der Waals surface area (Å²) in [5.41, 5.74) is 1.80. The molecule has 0 bridgehead atoms. The summed E-state index contributed by atoms with van der Waals surface area (Å²) < 4.78 is 4.82. The molecule has 0 radical (unpaired) electrons. The molecule has 1 aromatic carbocycles. The highest BCUT2D eigenvalue weighted by Crippen LogP contribution is 2.08. The molecule has 0 N–H and O–H groups in total. The van der Waals surface area contributed by atoms with Crippen molar-refractivity contribution in [2.75, 3.05) is 6.61 Å². The molecule has 0 fully saturated rings. The third-order valence-corrected chi connectivity index (χ3v) is 2.30. The number of carbonyl (C=O) groups excluding carboxylic acids is 1. The van der Waals surface area contributed by atoms with Gasteiger partial charge in [-0.25, -0.2) is 4.79 Å². The van der Waals surface area contributed by atoms with E-state index in [0.717, 1.165) is 6.42 Å². The maximum Gasteiger partial charge on any atom is 0.339 e. The summed E-state index contributed by atoms with van der Waals surface area (Å²) in [5.74, 6) is 1.90. The van der Waals surface area contributed by atoms with Crippen molar-refractivity contribution < 1.29 is 9.53 Å². The predicted molar refractivity (Wildman–Crippen MR) is 64.2 cm³/mol. The maximum absolute atomic E-state index is 11.4. The number of rotatable bonds is 5. The molecular weight excluding hydrogens is 200 g/mol. The highest BCUT2D eigenvalue weighted by Gasteiger charge is 2.05. The molecule has 2 nitrogen and oxygen atoms in total. The van der Waals surface area contributed by atoms with Gasteiger partial charge in [-0.15, -0.1) is 6.42 Å². The third kappa shape index (κ3) is 3.78. The minimum Gasteiger partial charge on any atom is -0.449 e. The Morgan fingerprint density at radius 1 is 1.38 bits per heavy atom. The number of ether oxygens (including phenoxy) is 1. The molecule has 2 heteroatoms. The van der Waals surface area contributed by atoms with Gasteiger partial charge in [-0.3, -0.25) is 0 Å². The fourth-order valence-electron chi connectivity index (χ4n) is 1.38. The summed E-state index contributed by atoms with van der Waals surface area (Å²) in [6, 6.07) is 7.48. The second-order valence-corrected chi connectivity index (χ2v) is 3.58. The molecule has 0 saturated carbocycles. The van der Waals surface area contributed by atoms with Gasteiger partial charge in [0.15, 0.2) is 6.61 Å². The van der Waals surface area contributed by atoms with Crippen LogP contribution in [0.15, 0.2) is 24.3 Å². The van der Waals surface area contributed by atoms with Crippen LogP contribution < -0.4 is 0 Å². The molecule has 1 rings (SSSR count). The van der Waals surface area contributed by atoms with E-state index < -0.39 is 0 Å². The standard InChI is InChI=1S/C14H16O2/c1-3-5-6-12-7-9-13(10-8-12)14(15)16-11-4-2/h2,7-10H,3,5-6,11H2,1H3. The third-order valence-electron chi connectivity index (χ3n) is 2.30. The van der Waals surface area contributed by atoms with Crippen molar-refractivity contribution in [2.45, 2.75) is 26.2 Å². The number of hydrogen-bond donors (Lipinski definition) is 0. The zero-order valence-corrected chi connectivity index (χ0v) is 9.53. The number of benzene rings is 1. The Morgan fingerprint density at radius 2 is 2.06 bits per heavy atom. The number of esters is 1. The Morgan fingerprint density at radius 3 is 2.62 bits per heavy atom. The average molecular weight is 216 g/mol. The average Bonchev–Trinajstić information content (AvgIpc) is 2.34. The summed E-state index contributed by atoms with van der Waals surface area (Å²) in [6.07, 6.45) is 8.40. The molecule has 0 amide bonds. The van der Waals surface area contributed by atoms with Crippen molar-refractivity contribution in [3.05, 3.63) is 35.4 Å². The van der Waals surface area contributed by atoms with E-state index in [1.54, 1.807) is 12.1 Å². The van der Waals surface area contributed by atoms with Crippen LogP contribution >= 0.6 is 0 Å². The molecule has 1 aromatic rings. The fourth-order valence-corrected chi connectivity index (χ4v) is 1.38. The van der Waals surface area contributed by atoms with Crippen molar-refractivity contribution in [3.63, 3.8) is 0 Å². The summed E-state index contributed by atoms with van der Waals surface area (Å²) in [6.45, 7) is 2.18. The molecule has 0 aliphatic heterocycles. The Hall–Kier alpha value is -1.75. The molecular formula is C14H16O2. The molecule has 0 atom stereocenters. The van der Waals surface area contributed by atoms with Gasteiger partial charge in [0, 0.05) is 0 Å².